The number of alkyl halides is 1. The van der Waals surface area contributed by atoms with Crippen LogP contribution in [0.2, 0.25) is 0 Å². The molecule has 2 aliphatic rings. The number of carbonyl (C=O) groups is 3. The number of halogens is 1. The number of unbranched alkanes of at least 4 members (excludes halogenated alkanes) is 1. The monoisotopic (exact) mass is 320 g/mol. The molecule has 2 amide bonds. The van der Waals surface area contributed by atoms with Gasteiger partial charge in [-0.1, -0.05) is 6.42 Å². The van der Waals surface area contributed by atoms with E-state index in [0.29, 0.717) is 11.7 Å². The number of esters is 2. The lowest BCUT2D eigenvalue weighted by molar-refractivity contribution is -0.157. The lowest BCUT2D eigenvalue weighted by Crippen LogP contribution is -2.36. The summed E-state index contributed by atoms with van der Waals surface area (Å²) in [5.74, 6) is -0.602. The topological polar surface area (TPSA) is 84.5 Å². The highest BCUT2D eigenvalue weighted by Gasteiger charge is 2.42. The number of carbonyl (C=O) groups excluding carboxylic acids is 3. The van der Waals surface area contributed by atoms with Crippen molar-refractivity contribution in [2.45, 2.75) is 43.0 Å². The molecule has 0 aromatic rings. The van der Waals surface area contributed by atoms with Crippen LogP contribution in [0.1, 0.15) is 25.7 Å². The molecule has 0 saturated carbocycles. The highest BCUT2D eigenvalue weighted by atomic mass is 35.5. The van der Waals surface area contributed by atoms with E-state index in [4.69, 9.17) is 11.6 Å². The van der Waals surface area contributed by atoms with E-state index >= 15 is 0 Å². The Morgan fingerprint density at radius 3 is 2.85 bits per heavy atom. The van der Waals surface area contributed by atoms with Gasteiger partial charge in [-0.15, -0.1) is 11.6 Å². The average molecular weight is 321 g/mol. The van der Waals surface area contributed by atoms with Crippen molar-refractivity contribution in [2.24, 2.45) is 0 Å². The summed E-state index contributed by atoms with van der Waals surface area (Å²) in [6, 6.07) is 0.328. The van der Waals surface area contributed by atoms with Gasteiger partial charge in [-0.3, -0.25) is 9.59 Å². The number of ether oxygens (including phenoxy) is 1. The number of thioether (sulfide) groups is 1. The Morgan fingerprint density at radius 2 is 2.10 bits per heavy atom. The quantitative estimate of drug-likeness (QED) is 0.251. The number of hydrogen-bond acceptors (Lipinski definition) is 5. The third-order valence-corrected chi connectivity index (χ3v) is 5.12. The molecule has 0 aromatic heterocycles. The summed E-state index contributed by atoms with van der Waals surface area (Å²) in [6.45, 7) is 0. The standard InChI is InChI=1S/C12H17ClN2O4S/c13-5-10(17)19-9(16)4-2-1-3-8-11-7(6-20-8)14-12(18)15-11/h7-8,11H,1-6H2,(H2,14,15,18)/t7-,8-,11-/m0/s1. The first-order chi connectivity index (χ1) is 9.60. The molecular formula is C12H17ClN2O4S. The van der Waals surface area contributed by atoms with Crippen molar-refractivity contribution in [2.75, 3.05) is 11.6 Å². The number of amides is 2. The first-order valence-corrected chi connectivity index (χ1v) is 8.16. The van der Waals surface area contributed by atoms with Crippen molar-refractivity contribution in [3.8, 4) is 0 Å². The number of urea groups is 1. The summed E-state index contributed by atoms with van der Waals surface area (Å²) < 4.78 is 4.47. The van der Waals surface area contributed by atoms with Gasteiger partial charge in [0.15, 0.2) is 0 Å². The molecule has 0 unspecified atom stereocenters. The fraction of sp³-hybridized carbons (Fsp3) is 0.750. The van der Waals surface area contributed by atoms with Crippen LogP contribution < -0.4 is 10.6 Å². The van der Waals surface area contributed by atoms with Crippen LogP contribution in [0.5, 0.6) is 0 Å². The van der Waals surface area contributed by atoms with Gasteiger partial charge in [0.05, 0.1) is 12.1 Å². The molecule has 0 aliphatic carbocycles. The molecule has 0 spiro atoms. The maximum atomic E-state index is 11.3. The van der Waals surface area contributed by atoms with Gasteiger partial charge in [0, 0.05) is 17.4 Å². The zero-order valence-corrected chi connectivity index (χ0v) is 12.5. The van der Waals surface area contributed by atoms with Crippen molar-refractivity contribution in [1.82, 2.24) is 10.6 Å². The number of nitrogens with one attached hydrogen (secondary N) is 2. The Balaban J connectivity index is 1.61. The molecule has 2 aliphatic heterocycles. The molecule has 2 fully saturated rings. The normalized spacial score (nSPS) is 27.6. The van der Waals surface area contributed by atoms with Crippen LogP contribution >= 0.6 is 23.4 Å². The third-order valence-electron chi connectivity index (χ3n) is 3.39. The Morgan fingerprint density at radius 1 is 1.30 bits per heavy atom. The fourth-order valence-electron chi connectivity index (χ4n) is 2.46. The molecule has 2 N–H and O–H groups in total. The molecule has 2 saturated heterocycles. The summed E-state index contributed by atoms with van der Waals surface area (Å²) in [6.07, 6.45) is 2.69. The summed E-state index contributed by atoms with van der Waals surface area (Å²) in [5, 5.41) is 6.20. The lowest BCUT2D eigenvalue weighted by atomic mass is 10.0. The van der Waals surface area contributed by atoms with Gasteiger partial charge in [0.1, 0.15) is 5.88 Å². The van der Waals surface area contributed by atoms with E-state index in [1.54, 1.807) is 0 Å². The number of rotatable bonds is 6. The molecule has 3 atom stereocenters. The van der Waals surface area contributed by atoms with Crippen molar-refractivity contribution in [1.29, 1.82) is 0 Å². The lowest BCUT2D eigenvalue weighted by Gasteiger charge is -2.16. The van der Waals surface area contributed by atoms with E-state index in [1.807, 2.05) is 11.8 Å². The van der Waals surface area contributed by atoms with E-state index in [-0.39, 0.29) is 30.4 Å². The fourth-order valence-corrected chi connectivity index (χ4v) is 4.06. The van der Waals surface area contributed by atoms with E-state index in [9.17, 15) is 14.4 Å². The van der Waals surface area contributed by atoms with Crippen molar-refractivity contribution >= 4 is 41.3 Å². The smallest absolute Gasteiger partial charge is 0.328 e. The zero-order valence-electron chi connectivity index (χ0n) is 10.9. The molecule has 20 heavy (non-hydrogen) atoms. The van der Waals surface area contributed by atoms with Gasteiger partial charge in [-0.25, -0.2) is 4.79 Å². The second-order valence-corrected chi connectivity index (χ2v) is 6.39. The predicted molar refractivity (Wildman–Crippen MR) is 75.8 cm³/mol. The van der Waals surface area contributed by atoms with E-state index in [1.165, 1.54) is 0 Å². The van der Waals surface area contributed by atoms with Gasteiger partial charge < -0.3 is 15.4 Å². The maximum absolute atomic E-state index is 11.3. The van der Waals surface area contributed by atoms with E-state index in [2.05, 4.69) is 15.4 Å². The highest BCUT2D eigenvalue weighted by molar-refractivity contribution is 8.00. The van der Waals surface area contributed by atoms with Crippen LogP contribution in [0.15, 0.2) is 0 Å². The summed E-state index contributed by atoms with van der Waals surface area (Å²) in [7, 11) is 0. The van der Waals surface area contributed by atoms with Crippen LogP contribution in [0, 0.1) is 0 Å². The van der Waals surface area contributed by atoms with Crippen LogP contribution in [-0.4, -0.2) is 46.9 Å². The van der Waals surface area contributed by atoms with Crippen molar-refractivity contribution in [3.63, 3.8) is 0 Å². The second kappa shape index (κ2) is 7.17. The molecular weight excluding hydrogens is 304 g/mol. The largest absolute Gasteiger partial charge is 0.392 e. The molecule has 2 heterocycles. The van der Waals surface area contributed by atoms with Gasteiger partial charge in [0.2, 0.25) is 0 Å². The molecule has 112 valence electrons. The summed E-state index contributed by atoms with van der Waals surface area (Å²) >= 11 is 7.08. The summed E-state index contributed by atoms with van der Waals surface area (Å²) in [4.78, 5) is 33.3. The van der Waals surface area contributed by atoms with Crippen LogP contribution in [-0.2, 0) is 14.3 Å². The van der Waals surface area contributed by atoms with Gasteiger partial charge in [-0.2, -0.15) is 11.8 Å². The van der Waals surface area contributed by atoms with Gasteiger partial charge in [0.25, 0.3) is 0 Å². The Bertz CT molecular complexity index is 407. The number of fused-ring (bicyclic) bond motifs is 1. The Labute approximate surface area is 126 Å². The minimum atomic E-state index is -0.703. The molecule has 0 bridgehead atoms. The van der Waals surface area contributed by atoms with Crippen LogP contribution in [0.25, 0.3) is 0 Å². The summed E-state index contributed by atoms with van der Waals surface area (Å²) in [5.41, 5.74) is 0. The van der Waals surface area contributed by atoms with E-state index < -0.39 is 11.9 Å². The van der Waals surface area contributed by atoms with Crippen molar-refractivity contribution in [3.05, 3.63) is 0 Å². The SMILES string of the molecule is O=C1N[C@H]2[C@H](CS[C@H]2CCCCC(=O)OC(=O)CCl)N1. The van der Waals surface area contributed by atoms with Gasteiger partial charge in [-0.05, 0) is 12.8 Å². The second-order valence-electron chi connectivity index (χ2n) is 4.85. The maximum Gasteiger partial charge on any atom is 0.328 e. The minimum Gasteiger partial charge on any atom is -0.392 e. The van der Waals surface area contributed by atoms with E-state index in [0.717, 1.165) is 18.6 Å². The molecule has 0 aromatic carbocycles. The average Bonchev–Trinajstić information content (AvgIpc) is 2.94. The van der Waals surface area contributed by atoms with Crippen molar-refractivity contribution < 1.29 is 19.1 Å². The first-order valence-electron chi connectivity index (χ1n) is 6.58. The predicted octanol–water partition coefficient (Wildman–Crippen LogP) is 1.02. The molecule has 8 heteroatoms. The first kappa shape index (κ1) is 15.4. The molecule has 6 nitrogen and oxygen atoms in total. The Kier molecular flexibility index (Phi) is 5.54. The zero-order chi connectivity index (χ0) is 14.5. The van der Waals surface area contributed by atoms with Gasteiger partial charge >= 0.3 is 18.0 Å². The van der Waals surface area contributed by atoms with Crippen LogP contribution in [0.3, 0.4) is 0 Å². The molecule has 2 rings (SSSR count). The third kappa shape index (κ3) is 4.02. The highest BCUT2D eigenvalue weighted by Crippen LogP contribution is 2.33. The number of hydrogen-bond donors (Lipinski definition) is 2. The Hall–Kier alpha value is -0.950. The molecule has 0 radical (unpaired) electrons. The minimum absolute atomic E-state index is 0.0894. The van der Waals surface area contributed by atoms with Crippen LogP contribution in [0.4, 0.5) is 4.79 Å².